The maximum absolute atomic E-state index is 10.2. The van der Waals surface area contributed by atoms with Crippen LogP contribution in [0.15, 0.2) is 0 Å². The van der Waals surface area contributed by atoms with Gasteiger partial charge in [0.05, 0.1) is 17.6 Å². The van der Waals surface area contributed by atoms with E-state index in [1.165, 1.54) is 0 Å². The third-order valence-corrected chi connectivity index (χ3v) is 4.55. The third kappa shape index (κ3) is 3.40. The van der Waals surface area contributed by atoms with Crippen LogP contribution in [0, 0.1) is 22.7 Å². The fourth-order valence-corrected chi connectivity index (χ4v) is 2.95. The molecule has 1 rings (SSSR count). The van der Waals surface area contributed by atoms with Crippen LogP contribution in [0.2, 0.25) is 0 Å². The van der Waals surface area contributed by atoms with Gasteiger partial charge in [0.2, 0.25) is 0 Å². The van der Waals surface area contributed by atoms with Crippen molar-refractivity contribution in [2.75, 3.05) is 12.0 Å². The zero-order valence-electron chi connectivity index (χ0n) is 10.4. The Morgan fingerprint density at radius 2 is 2.12 bits per heavy atom. The molecule has 92 valence electrons. The average molecular weight is 241 g/mol. The molecular weight excluding hydrogens is 218 g/mol. The van der Waals surface area contributed by atoms with E-state index in [0.717, 1.165) is 50.2 Å². The molecule has 1 aliphatic carbocycles. The number of nitrogens with zero attached hydrogens (tertiary/aromatic N) is 1. The van der Waals surface area contributed by atoms with Gasteiger partial charge in [-0.05, 0) is 56.5 Å². The molecule has 1 N–H and O–H groups in total. The minimum Gasteiger partial charge on any atom is -0.391 e. The molecule has 1 saturated carbocycles. The summed E-state index contributed by atoms with van der Waals surface area (Å²) in [5.41, 5.74) is -0.440. The van der Waals surface area contributed by atoms with Gasteiger partial charge in [0, 0.05) is 0 Å². The Hall–Kier alpha value is -0.200. The molecule has 0 aromatic rings. The Kier molecular flexibility index (Phi) is 5.64. The molecule has 0 aliphatic heterocycles. The molecule has 0 amide bonds. The van der Waals surface area contributed by atoms with Gasteiger partial charge < -0.3 is 5.11 Å². The summed E-state index contributed by atoms with van der Waals surface area (Å²) in [4.78, 5) is 0. The Bertz CT molecular complexity index is 241. The molecule has 1 aliphatic rings. The summed E-state index contributed by atoms with van der Waals surface area (Å²) in [5, 5.41) is 19.5. The van der Waals surface area contributed by atoms with E-state index in [-0.39, 0.29) is 0 Å². The molecule has 3 heteroatoms. The number of aliphatic hydroxyl groups is 1. The second-order valence-corrected chi connectivity index (χ2v) is 6.09. The van der Waals surface area contributed by atoms with Crippen molar-refractivity contribution in [3.05, 3.63) is 0 Å². The highest BCUT2D eigenvalue weighted by Gasteiger charge is 2.40. The first-order valence-corrected chi connectivity index (χ1v) is 7.62. The topological polar surface area (TPSA) is 44.0 Å². The van der Waals surface area contributed by atoms with Crippen LogP contribution in [0.3, 0.4) is 0 Å². The zero-order chi connectivity index (χ0) is 12.0. The van der Waals surface area contributed by atoms with Crippen LogP contribution in [0.25, 0.3) is 0 Å². The van der Waals surface area contributed by atoms with Gasteiger partial charge in [0.1, 0.15) is 0 Å². The Morgan fingerprint density at radius 3 is 2.62 bits per heavy atom. The van der Waals surface area contributed by atoms with Crippen molar-refractivity contribution in [2.24, 2.45) is 11.3 Å². The molecule has 1 fully saturated rings. The maximum atomic E-state index is 10.2. The number of thioether (sulfide) groups is 1. The monoisotopic (exact) mass is 241 g/mol. The minimum atomic E-state index is -0.440. The lowest BCUT2D eigenvalue weighted by atomic mass is 9.68. The van der Waals surface area contributed by atoms with E-state index in [9.17, 15) is 10.4 Å². The average Bonchev–Trinajstić information content (AvgIpc) is 2.31. The molecule has 0 spiro atoms. The van der Waals surface area contributed by atoms with Crippen molar-refractivity contribution in [1.82, 2.24) is 0 Å². The Morgan fingerprint density at radius 1 is 1.50 bits per heavy atom. The number of rotatable bonds is 5. The summed E-state index contributed by atoms with van der Waals surface area (Å²) in [7, 11) is 0. The molecular formula is C13H23NOS. The Labute approximate surface area is 103 Å². The van der Waals surface area contributed by atoms with Crippen molar-refractivity contribution in [1.29, 1.82) is 5.26 Å². The summed E-state index contributed by atoms with van der Waals surface area (Å²) in [5.74, 6) is 1.80. The van der Waals surface area contributed by atoms with Gasteiger partial charge in [-0.25, -0.2) is 0 Å². The first-order chi connectivity index (χ1) is 7.64. The summed E-state index contributed by atoms with van der Waals surface area (Å²) < 4.78 is 0. The summed E-state index contributed by atoms with van der Waals surface area (Å²) in [6.45, 7) is 2.24. The first-order valence-electron chi connectivity index (χ1n) is 6.23. The minimum absolute atomic E-state index is 0.419. The smallest absolute Gasteiger partial charge is 0.0832 e. The molecule has 0 aromatic carbocycles. The predicted molar refractivity (Wildman–Crippen MR) is 69.3 cm³/mol. The predicted octanol–water partition coefficient (Wildman–Crippen LogP) is 3.21. The fraction of sp³-hybridized carbons (Fsp3) is 0.923. The highest BCUT2D eigenvalue weighted by molar-refractivity contribution is 7.98. The van der Waals surface area contributed by atoms with Gasteiger partial charge in [0.25, 0.3) is 0 Å². The fourth-order valence-electron chi connectivity index (χ4n) is 2.49. The first kappa shape index (κ1) is 13.9. The van der Waals surface area contributed by atoms with E-state index < -0.39 is 11.5 Å². The quantitative estimate of drug-likeness (QED) is 0.752. The largest absolute Gasteiger partial charge is 0.391 e. The maximum Gasteiger partial charge on any atom is 0.0832 e. The molecule has 0 aromatic heterocycles. The van der Waals surface area contributed by atoms with Crippen LogP contribution < -0.4 is 0 Å². The van der Waals surface area contributed by atoms with Crippen molar-refractivity contribution in [3.63, 3.8) is 0 Å². The van der Waals surface area contributed by atoms with E-state index in [0.29, 0.717) is 0 Å². The summed E-state index contributed by atoms with van der Waals surface area (Å²) in [6.07, 6.45) is 7.40. The Balaban J connectivity index is 2.49. The second kappa shape index (κ2) is 6.51. The normalized spacial score (nSPS) is 32.0. The lowest BCUT2D eigenvalue weighted by Crippen LogP contribution is -2.37. The van der Waals surface area contributed by atoms with E-state index in [2.05, 4.69) is 19.2 Å². The van der Waals surface area contributed by atoms with Crippen LogP contribution in [0.4, 0.5) is 0 Å². The molecule has 0 saturated heterocycles. The SMILES string of the molecule is CSCCCC(O)C1(C#N)CCC(C)CC1. The van der Waals surface area contributed by atoms with E-state index in [1.54, 1.807) is 11.8 Å². The van der Waals surface area contributed by atoms with Crippen LogP contribution in [-0.2, 0) is 0 Å². The van der Waals surface area contributed by atoms with Gasteiger partial charge in [-0.15, -0.1) is 0 Å². The molecule has 1 atom stereocenters. The lowest BCUT2D eigenvalue weighted by Gasteiger charge is -2.37. The summed E-state index contributed by atoms with van der Waals surface area (Å²) >= 11 is 1.80. The highest BCUT2D eigenvalue weighted by atomic mass is 32.2. The van der Waals surface area contributed by atoms with Crippen LogP contribution in [-0.4, -0.2) is 23.2 Å². The molecule has 0 heterocycles. The number of hydrogen-bond acceptors (Lipinski definition) is 3. The number of aliphatic hydroxyl groups excluding tert-OH is 1. The van der Waals surface area contributed by atoms with Gasteiger partial charge >= 0.3 is 0 Å². The van der Waals surface area contributed by atoms with Crippen LogP contribution >= 0.6 is 11.8 Å². The van der Waals surface area contributed by atoms with Gasteiger partial charge in [-0.2, -0.15) is 17.0 Å². The van der Waals surface area contributed by atoms with E-state index in [1.807, 2.05) is 0 Å². The summed E-state index contributed by atoms with van der Waals surface area (Å²) in [6, 6.07) is 2.41. The van der Waals surface area contributed by atoms with Gasteiger partial charge in [-0.1, -0.05) is 6.92 Å². The zero-order valence-corrected chi connectivity index (χ0v) is 11.2. The van der Waals surface area contributed by atoms with Crippen molar-refractivity contribution in [2.45, 2.75) is 51.6 Å². The van der Waals surface area contributed by atoms with E-state index in [4.69, 9.17) is 0 Å². The second-order valence-electron chi connectivity index (χ2n) is 5.10. The molecule has 16 heavy (non-hydrogen) atoms. The number of nitriles is 1. The van der Waals surface area contributed by atoms with Gasteiger partial charge in [-0.3, -0.25) is 0 Å². The lowest BCUT2D eigenvalue weighted by molar-refractivity contribution is 0.0219. The van der Waals surface area contributed by atoms with Crippen molar-refractivity contribution < 1.29 is 5.11 Å². The molecule has 0 bridgehead atoms. The van der Waals surface area contributed by atoms with Crippen LogP contribution in [0.1, 0.15) is 45.4 Å². The molecule has 0 radical (unpaired) electrons. The van der Waals surface area contributed by atoms with E-state index >= 15 is 0 Å². The molecule has 2 nitrogen and oxygen atoms in total. The number of hydrogen-bond donors (Lipinski definition) is 1. The third-order valence-electron chi connectivity index (χ3n) is 3.85. The standard InChI is InChI=1S/C13H23NOS/c1-11-5-7-13(10-14,8-6-11)12(15)4-3-9-16-2/h11-12,15H,3-9H2,1-2H3. The highest BCUT2D eigenvalue weighted by Crippen LogP contribution is 2.42. The molecule has 1 unspecified atom stereocenters. The van der Waals surface area contributed by atoms with Crippen LogP contribution in [0.5, 0.6) is 0 Å². The van der Waals surface area contributed by atoms with Gasteiger partial charge in [0.15, 0.2) is 0 Å². The van der Waals surface area contributed by atoms with Crippen molar-refractivity contribution in [3.8, 4) is 6.07 Å². The van der Waals surface area contributed by atoms with Crippen molar-refractivity contribution >= 4 is 11.8 Å².